The number of nitrogens with zero attached hydrogens (tertiary/aromatic N) is 2. The van der Waals surface area contributed by atoms with Crippen LogP contribution >= 0.6 is 22.7 Å². The summed E-state index contributed by atoms with van der Waals surface area (Å²) in [5.41, 5.74) is 10.3. The van der Waals surface area contributed by atoms with Crippen LogP contribution in [-0.2, 0) is 0 Å². The van der Waals surface area contributed by atoms with Gasteiger partial charge >= 0.3 is 0 Å². The van der Waals surface area contributed by atoms with E-state index in [4.69, 9.17) is 4.42 Å². The van der Waals surface area contributed by atoms with E-state index in [1.165, 1.54) is 40.3 Å². The molecule has 0 bridgehead atoms. The van der Waals surface area contributed by atoms with Crippen molar-refractivity contribution in [2.75, 3.05) is 9.80 Å². The van der Waals surface area contributed by atoms with Crippen molar-refractivity contribution in [1.82, 2.24) is 0 Å². The molecule has 0 unspecified atom stereocenters. The summed E-state index contributed by atoms with van der Waals surface area (Å²) < 4.78 is 12.2. The minimum Gasteiger partial charge on any atom is -0.455 e. The molecule has 5 heteroatoms. The van der Waals surface area contributed by atoms with E-state index in [0.717, 1.165) is 67.2 Å². The molecule has 0 aliphatic heterocycles. The van der Waals surface area contributed by atoms with E-state index < -0.39 is 0 Å². The molecule has 3 nitrogen and oxygen atoms in total. The molecule has 0 amide bonds. The zero-order chi connectivity index (χ0) is 38.9. The summed E-state index contributed by atoms with van der Waals surface area (Å²) in [6.07, 6.45) is 0. The topological polar surface area (TPSA) is 19.6 Å². The van der Waals surface area contributed by atoms with Crippen LogP contribution in [0.1, 0.15) is 0 Å². The molecule has 0 fully saturated rings. The second-order valence-corrected chi connectivity index (χ2v) is 17.1. The van der Waals surface area contributed by atoms with Crippen LogP contribution in [0.2, 0.25) is 0 Å². The largest absolute Gasteiger partial charge is 0.455 e. The van der Waals surface area contributed by atoms with Gasteiger partial charge in [-0.15, -0.1) is 22.7 Å². The number of anilines is 6. The van der Waals surface area contributed by atoms with Crippen molar-refractivity contribution in [3.8, 4) is 11.1 Å². The first-order chi connectivity index (χ1) is 29.2. The van der Waals surface area contributed by atoms with Crippen molar-refractivity contribution < 1.29 is 4.42 Å². The quantitative estimate of drug-likeness (QED) is 0.160. The van der Waals surface area contributed by atoms with Gasteiger partial charge in [-0.2, -0.15) is 0 Å². The van der Waals surface area contributed by atoms with Gasteiger partial charge in [0.2, 0.25) is 0 Å². The molecular weight excluding hydrogens is 757 g/mol. The summed E-state index contributed by atoms with van der Waals surface area (Å²) in [5.74, 6) is 0. The van der Waals surface area contributed by atoms with Gasteiger partial charge in [-0.3, -0.25) is 0 Å². The molecule has 0 atom stereocenters. The maximum Gasteiger partial charge on any atom is 0.143 e. The summed E-state index contributed by atoms with van der Waals surface area (Å²) in [6.45, 7) is 0. The lowest BCUT2D eigenvalue weighted by molar-refractivity contribution is 0.670. The van der Waals surface area contributed by atoms with Crippen LogP contribution in [0, 0.1) is 0 Å². The first kappa shape index (κ1) is 33.9. The van der Waals surface area contributed by atoms with Crippen LogP contribution in [0.4, 0.5) is 34.1 Å². The summed E-state index contributed by atoms with van der Waals surface area (Å²) >= 11 is 3.69. The molecule has 3 heterocycles. The Hall–Kier alpha value is -7.18. The number of hydrogen-bond acceptors (Lipinski definition) is 5. The third-order valence-corrected chi connectivity index (χ3v) is 13.7. The van der Waals surface area contributed by atoms with Crippen LogP contribution in [0.15, 0.2) is 211 Å². The highest BCUT2D eigenvalue weighted by molar-refractivity contribution is 7.26. The Kier molecular flexibility index (Phi) is 7.90. The smallest absolute Gasteiger partial charge is 0.143 e. The number of thiophene rings is 2. The molecule has 3 aromatic heterocycles. The van der Waals surface area contributed by atoms with Gasteiger partial charge in [0.1, 0.15) is 11.2 Å². The summed E-state index contributed by atoms with van der Waals surface area (Å²) in [4.78, 5) is 4.72. The van der Waals surface area contributed by atoms with Gasteiger partial charge in [-0.1, -0.05) is 103 Å². The predicted octanol–water partition coefficient (Wildman–Crippen LogP) is 16.9. The molecular formula is C54H34N2OS2. The molecule has 12 rings (SSSR count). The molecule has 0 spiro atoms. The van der Waals surface area contributed by atoms with Crippen LogP contribution < -0.4 is 9.80 Å². The van der Waals surface area contributed by atoms with E-state index in [-0.39, 0.29) is 0 Å². The van der Waals surface area contributed by atoms with Gasteiger partial charge in [0, 0.05) is 96.9 Å². The maximum absolute atomic E-state index is 7.02. The van der Waals surface area contributed by atoms with Gasteiger partial charge in [0.15, 0.2) is 0 Å². The standard InChI is InChI=1S/C54H34N2OS2/c1-4-14-35(15-5-1)45-32-41(56(37-18-8-3-9-19-37)39-26-29-53-47(31-39)44-21-11-13-23-51(44)59-53)33-48-42-27-24-40(34-49(42)57-54(45)48)55(36-16-6-2-7-17-36)38-25-28-52-46(30-38)43-20-10-12-22-50(43)58-52/h1-34H. The Balaban J connectivity index is 1.07. The fourth-order valence-corrected chi connectivity index (χ4v) is 10.9. The van der Waals surface area contributed by atoms with Gasteiger partial charge in [-0.05, 0) is 103 Å². The molecule has 0 radical (unpaired) electrons. The predicted molar refractivity (Wildman–Crippen MR) is 254 cm³/mol. The molecule has 12 aromatic rings. The number of benzene rings is 9. The Morgan fingerprint density at radius 1 is 0.305 bits per heavy atom. The number of rotatable bonds is 7. The number of para-hydroxylation sites is 2. The molecule has 59 heavy (non-hydrogen) atoms. The number of furan rings is 1. The van der Waals surface area contributed by atoms with Crippen LogP contribution in [-0.4, -0.2) is 0 Å². The highest BCUT2D eigenvalue weighted by atomic mass is 32.1. The van der Waals surface area contributed by atoms with Gasteiger partial charge in [0.25, 0.3) is 0 Å². The summed E-state index contributed by atoms with van der Waals surface area (Å²) in [7, 11) is 0. The molecule has 0 N–H and O–H groups in total. The van der Waals surface area contributed by atoms with E-state index in [0.29, 0.717) is 0 Å². The lowest BCUT2D eigenvalue weighted by atomic mass is 10.00. The lowest BCUT2D eigenvalue weighted by Gasteiger charge is -2.26. The molecule has 0 saturated carbocycles. The Labute approximate surface area is 348 Å². The fourth-order valence-electron chi connectivity index (χ4n) is 8.71. The Morgan fingerprint density at radius 2 is 0.763 bits per heavy atom. The van der Waals surface area contributed by atoms with Gasteiger partial charge in [-0.25, -0.2) is 0 Å². The summed E-state index contributed by atoms with van der Waals surface area (Å²) in [6, 6.07) is 74.3. The first-order valence-corrected chi connectivity index (χ1v) is 21.5. The van der Waals surface area contributed by atoms with E-state index in [1.54, 1.807) is 0 Å². The highest BCUT2D eigenvalue weighted by Gasteiger charge is 2.22. The molecule has 0 aliphatic rings. The number of hydrogen-bond donors (Lipinski definition) is 0. The average molecular weight is 791 g/mol. The van der Waals surface area contributed by atoms with Crippen molar-refractivity contribution in [3.63, 3.8) is 0 Å². The lowest BCUT2D eigenvalue weighted by Crippen LogP contribution is -2.10. The zero-order valence-electron chi connectivity index (χ0n) is 31.7. The number of fused-ring (bicyclic) bond motifs is 9. The minimum atomic E-state index is 0.840. The van der Waals surface area contributed by atoms with Crippen molar-refractivity contribution in [2.45, 2.75) is 0 Å². The monoisotopic (exact) mass is 790 g/mol. The Bertz CT molecular complexity index is 3510. The minimum absolute atomic E-state index is 0.840. The van der Waals surface area contributed by atoms with Crippen LogP contribution in [0.25, 0.3) is 73.4 Å². The van der Waals surface area contributed by atoms with E-state index >= 15 is 0 Å². The second-order valence-electron chi connectivity index (χ2n) is 14.9. The third kappa shape index (κ3) is 5.70. The normalized spacial score (nSPS) is 11.7. The SMILES string of the molecule is c1ccc(-c2cc(N(c3ccccc3)c3ccc4sc5ccccc5c4c3)cc3c2oc2cc(N(c4ccccc4)c4ccc5sc6ccccc6c5c4)ccc23)cc1. The van der Waals surface area contributed by atoms with Crippen LogP contribution in [0.3, 0.4) is 0 Å². The molecule has 0 aliphatic carbocycles. The van der Waals surface area contributed by atoms with Crippen molar-refractivity contribution in [2.24, 2.45) is 0 Å². The Morgan fingerprint density at radius 3 is 1.36 bits per heavy atom. The van der Waals surface area contributed by atoms with Crippen molar-refractivity contribution in [1.29, 1.82) is 0 Å². The van der Waals surface area contributed by atoms with Crippen LogP contribution in [0.5, 0.6) is 0 Å². The third-order valence-electron chi connectivity index (χ3n) is 11.4. The van der Waals surface area contributed by atoms with E-state index in [1.807, 2.05) is 22.7 Å². The second kappa shape index (κ2) is 13.7. The summed E-state index contributed by atoms with van der Waals surface area (Å²) in [5, 5.41) is 7.25. The first-order valence-electron chi connectivity index (χ1n) is 19.8. The van der Waals surface area contributed by atoms with Gasteiger partial charge in [0.05, 0.1) is 0 Å². The van der Waals surface area contributed by atoms with Crippen molar-refractivity contribution >= 4 is 119 Å². The molecule has 278 valence electrons. The highest BCUT2D eigenvalue weighted by Crippen LogP contribution is 2.47. The average Bonchev–Trinajstić information content (AvgIpc) is 3.98. The van der Waals surface area contributed by atoms with E-state index in [9.17, 15) is 0 Å². The fraction of sp³-hybridized carbons (Fsp3) is 0. The molecule has 9 aromatic carbocycles. The van der Waals surface area contributed by atoms with Crippen molar-refractivity contribution in [3.05, 3.63) is 206 Å². The van der Waals surface area contributed by atoms with E-state index in [2.05, 4.69) is 216 Å². The zero-order valence-corrected chi connectivity index (χ0v) is 33.4. The maximum atomic E-state index is 7.02. The van der Waals surface area contributed by atoms with Gasteiger partial charge < -0.3 is 14.2 Å². The molecule has 0 saturated heterocycles.